The fourth-order valence-corrected chi connectivity index (χ4v) is 0.871. The summed E-state index contributed by atoms with van der Waals surface area (Å²) in [4.78, 5) is 12.8. The third kappa shape index (κ3) is 1.72. The summed E-state index contributed by atoms with van der Waals surface area (Å²) in [7, 11) is 0. The van der Waals surface area contributed by atoms with Crippen molar-refractivity contribution in [2.24, 2.45) is 0 Å². The summed E-state index contributed by atoms with van der Waals surface area (Å²) in [6, 6.07) is 0. The molecule has 1 aromatic rings. The summed E-state index contributed by atoms with van der Waals surface area (Å²) in [6.07, 6.45) is -2.38. The molecule has 0 atom stereocenters. The van der Waals surface area contributed by atoms with Crippen LogP contribution in [-0.4, -0.2) is 10.1 Å². The maximum atomic E-state index is 12.6. The van der Waals surface area contributed by atoms with Crippen LogP contribution >= 0.6 is 0 Å². The molecule has 3 nitrogen and oxygen atoms in total. The van der Waals surface area contributed by atoms with Crippen LogP contribution in [-0.2, 0) is 6.61 Å². The summed E-state index contributed by atoms with van der Waals surface area (Å²) >= 11 is 0. The predicted octanol–water partition coefficient (Wildman–Crippen LogP) is 0.944. The Hall–Kier alpha value is -1.30. The number of aliphatic hydroxyl groups is 1. The zero-order valence-electron chi connectivity index (χ0n) is 6.35. The van der Waals surface area contributed by atoms with Gasteiger partial charge in [0.2, 0.25) is 5.95 Å². The highest BCUT2D eigenvalue weighted by molar-refractivity contribution is 5.20. The smallest absolute Gasteiger partial charge is 0.269 e. The van der Waals surface area contributed by atoms with E-state index >= 15 is 0 Å². The monoisotopic (exact) mass is 193 g/mol. The first-order valence-corrected chi connectivity index (χ1v) is 3.37. The Kier molecular flexibility index (Phi) is 2.72. The number of H-pyrrole nitrogens is 1. The standard InChI is InChI=1S/C7H6F3NO2/c8-6(9)3-1-11-7(10)4(2-12)5(3)13/h1,6,12H,2H2,(H,11,13). The molecule has 1 heterocycles. The third-order valence-electron chi connectivity index (χ3n) is 1.55. The van der Waals surface area contributed by atoms with Gasteiger partial charge in [0.15, 0.2) is 5.43 Å². The number of pyridine rings is 1. The average Bonchev–Trinajstić information content (AvgIpc) is 2.04. The lowest BCUT2D eigenvalue weighted by Gasteiger charge is -2.01. The second kappa shape index (κ2) is 3.61. The highest BCUT2D eigenvalue weighted by Gasteiger charge is 2.17. The summed E-state index contributed by atoms with van der Waals surface area (Å²) in [6.45, 7) is -0.901. The van der Waals surface area contributed by atoms with Crippen molar-refractivity contribution >= 4 is 0 Å². The van der Waals surface area contributed by atoms with Crippen molar-refractivity contribution in [1.82, 2.24) is 4.98 Å². The van der Waals surface area contributed by atoms with Gasteiger partial charge in [-0.05, 0) is 0 Å². The van der Waals surface area contributed by atoms with E-state index in [1.807, 2.05) is 4.98 Å². The second-order valence-corrected chi connectivity index (χ2v) is 2.32. The van der Waals surface area contributed by atoms with E-state index in [-0.39, 0.29) is 0 Å². The van der Waals surface area contributed by atoms with Crippen LogP contribution in [0.3, 0.4) is 0 Å². The number of aromatic amines is 1. The first-order chi connectivity index (χ1) is 6.07. The minimum Gasteiger partial charge on any atom is -0.391 e. The van der Waals surface area contributed by atoms with Crippen molar-refractivity contribution in [2.75, 3.05) is 0 Å². The highest BCUT2D eigenvalue weighted by Crippen LogP contribution is 2.14. The average molecular weight is 193 g/mol. The molecule has 0 aliphatic carbocycles. The molecule has 0 amide bonds. The van der Waals surface area contributed by atoms with Crippen LogP contribution in [0, 0.1) is 5.95 Å². The molecule has 0 saturated heterocycles. The number of halogens is 3. The Morgan fingerprint density at radius 3 is 2.62 bits per heavy atom. The van der Waals surface area contributed by atoms with Gasteiger partial charge < -0.3 is 10.1 Å². The van der Waals surface area contributed by atoms with Gasteiger partial charge in [-0.2, -0.15) is 4.39 Å². The molecule has 2 N–H and O–H groups in total. The number of aromatic nitrogens is 1. The number of alkyl halides is 2. The molecule has 0 aliphatic rings. The van der Waals surface area contributed by atoms with E-state index in [1.165, 1.54) is 0 Å². The number of hydrogen-bond donors (Lipinski definition) is 2. The van der Waals surface area contributed by atoms with E-state index in [0.717, 1.165) is 0 Å². The molecule has 0 fully saturated rings. The number of nitrogens with one attached hydrogen (secondary N) is 1. The molecule has 0 aromatic carbocycles. The van der Waals surface area contributed by atoms with Crippen molar-refractivity contribution in [3.63, 3.8) is 0 Å². The van der Waals surface area contributed by atoms with E-state index in [1.54, 1.807) is 0 Å². The number of hydrogen-bond acceptors (Lipinski definition) is 2. The van der Waals surface area contributed by atoms with Gasteiger partial charge in [0, 0.05) is 6.20 Å². The minimum atomic E-state index is -2.98. The van der Waals surface area contributed by atoms with E-state index in [2.05, 4.69) is 0 Å². The zero-order valence-corrected chi connectivity index (χ0v) is 6.35. The summed E-state index contributed by atoms with van der Waals surface area (Å²) in [5.41, 5.74) is -2.67. The molecule has 0 spiro atoms. The molecular weight excluding hydrogens is 187 g/mol. The maximum absolute atomic E-state index is 12.6. The van der Waals surface area contributed by atoms with Crippen molar-refractivity contribution < 1.29 is 18.3 Å². The lowest BCUT2D eigenvalue weighted by molar-refractivity contribution is 0.149. The molecule has 0 unspecified atom stereocenters. The molecule has 0 aliphatic heterocycles. The predicted molar refractivity (Wildman–Crippen MR) is 37.9 cm³/mol. The Morgan fingerprint density at radius 2 is 2.15 bits per heavy atom. The second-order valence-electron chi connectivity index (χ2n) is 2.32. The van der Waals surface area contributed by atoms with Crippen LogP contribution in [0.5, 0.6) is 0 Å². The fraction of sp³-hybridized carbons (Fsp3) is 0.286. The zero-order chi connectivity index (χ0) is 10.0. The normalized spacial score (nSPS) is 10.8. The third-order valence-corrected chi connectivity index (χ3v) is 1.55. The lowest BCUT2D eigenvalue weighted by atomic mass is 10.2. The molecule has 0 bridgehead atoms. The molecule has 1 aromatic heterocycles. The van der Waals surface area contributed by atoms with Crippen LogP contribution < -0.4 is 5.43 Å². The molecular formula is C7H6F3NO2. The Labute approximate surface area is 70.8 Å². The van der Waals surface area contributed by atoms with Gasteiger partial charge in [-0.15, -0.1) is 0 Å². The first kappa shape index (κ1) is 9.79. The molecule has 0 radical (unpaired) electrons. The quantitative estimate of drug-likeness (QED) is 0.687. The minimum absolute atomic E-state index is 0.599. The van der Waals surface area contributed by atoms with Gasteiger partial charge in [-0.25, -0.2) is 8.78 Å². The molecule has 1 rings (SSSR count). The summed E-state index contributed by atoms with van der Waals surface area (Å²) in [5, 5.41) is 8.50. The van der Waals surface area contributed by atoms with Crippen LogP contribution in [0.15, 0.2) is 11.0 Å². The topological polar surface area (TPSA) is 53.1 Å². The fourth-order valence-electron chi connectivity index (χ4n) is 0.871. The molecule has 72 valence electrons. The van der Waals surface area contributed by atoms with Crippen LogP contribution in [0.25, 0.3) is 0 Å². The summed E-state index contributed by atoms with van der Waals surface area (Å²) in [5.74, 6) is -1.09. The first-order valence-electron chi connectivity index (χ1n) is 3.37. The van der Waals surface area contributed by atoms with Gasteiger partial charge >= 0.3 is 0 Å². The largest absolute Gasteiger partial charge is 0.391 e. The van der Waals surface area contributed by atoms with Crippen molar-refractivity contribution in [1.29, 1.82) is 0 Å². The van der Waals surface area contributed by atoms with Gasteiger partial charge in [0.05, 0.1) is 17.7 Å². The van der Waals surface area contributed by atoms with Crippen LogP contribution in [0.1, 0.15) is 17.6 Å². The highest BCUT2D eigenvalue weighted by atomic mass is 19.3. The van der Waals surface area contributed by atoms with Crippen molar-refractivity contribution in [2.45, 2.75) is 13.0 Å². The van der Waals surface area contributed by atoms with Crippen LogP contribution in [0.4, 0.5) is 13.2 Å². The van der Waals surface area contributed by atoms with Crippen molar-refractivity contribution in [3.05, 3.63) is 33.5 Å². The van der Waals surface area contributed by atoms with E-state index in [4.69, 9.17) is 5.11 Å². The van der Waals surface area contributed by atoms with Gasteiger partial charge in [-0.3, -0.25) is 4.79 Å². The number of aliphatic hydroxyl groups excluding tert-OH is 1. The Bertz CT molecular complexity index is 361. The Morgan fingerprint density at radius 1 is 1.54 bits per heavy atom. The van der Waals surface area contributed by atoms with E-state index < -0.39 is 35.5 Å². The van der Waals surface area contributed by atoms with E-state index in [9.17, 15) is 18.0 Å². The van der Waals surface area contributed by atoms with Gasteiger partial charge in [0.1, 0.15) is 0 Å². The number of rotatable bonds is 2. The molecule has 6 heteroatoms. The van der Waals surface area contributed by atoms with Crippen molar-refractivity contribution in [3.8, 4) is 0 Å². The maximum Gasteiger partial charge on any atom is 0.269 e. The lowest BCUT2D eigenvalue weighted by Crippen LogP contribution is -2.18. The van der Waals surface area contributed by atoms with Gasteiger partial charge in [-0.1, -0.05) is 0 Å². The van der Waals surface area contributed by atoms with Gasteiger partial charge in [0.25, 0.3) is 6.43 Å². The Balaban J connectivity index is 3.37. The molecule has 13 heavy (non-hydrogen) atoms. The van der Waals surface area contributed by atoms with Crippen LogP contribution in [0.2, 0.25) is 0 Å². The SMILES string of the molecule is O=c1c(C(F)F)c[nH]c(F)c1CO. The molecule has 0 saturated carbocycles. The summed E-state index contributed by atoms with van der Waals surface area (Å²) < 4.78 is 36.7. The van der Waals surface area contributed by atoms with E-state index in [0.29, 0.717) is 6.20 Å².